The van der Waals surface area contributed by atoms with Gasteiger partial charge in [-0.05, 0) is 48.7 Å². The molecule has 0 unspecified atom stereocenters. The molecule has 0 radical (unpaired) electrons. The summed E-state index contributed by atoms with van der Waals surface area (Å²) >= 11 is 0. The molecule has 1 fully saturated rings. The van der Waals surface area contributed by atoms with Crippen molar-refractivity contribution in [2.75, 3.05) is 43.6 Å². The molecular weight excluding hydrogens is 499 g/mol. The molecule has 0 bridgehead atoms. The summed E-state index contributed by atoms with van der Waals surface area (Å²) in [5.74, 6) is -0.617. The van der Waals surface area contributed by atoms with Gasteiger partial charge < -0.3 is 20.3 Å². The van der Waals surface area contributed by atoms with Crippen molar-refractivity contribution in [3.05, 3.63) is 82.9 Å². The highest BCUT2D eigenvalue weighted by atomic mass is 19.4. The van der Waals surface area contributed by atoms with Crippen LogP contribution in [0.4, 0.5) is 24.5 Å². The Labute approximate surface area is 218 Å². The van der Waals surface area contributed by atoms with Crippen LogP contribution in [0.15, 0.2) is 55.1 Å². The monoisotopic (exact) mass is 527 g/mol. The van der Waals surface area contributed by atoms with Gasteiger partial charge >= 0.3 is 6.18 Å². The molecule has 2 amide bonds. The third-order valence-corrected chi connectivity index (χ3v) is 6.44. The van der Waals surface area contributed by atoms with Crippen LogP contribution in [-0.2, 0) is 10.9 Å². The lowest BCUT2D eigenvalue weighted by molar-refractivity contribution is -0.137. The first-order valence-corrected chi connectivity index (χ1v) is 12.1. The zero-order chi connectivity index (χ0) is 27.3. The van der Waals surface area contributed by atoms with E-state index in [0.717, 1.165) is 35.8 Å². The van der Waals surface area contributed by atoms with Crippen LogP contribution in [0.3, 0.4) is 0 Å². The van der Waals surface area contributed by atoms with Crippen LogP contribution in [-0.4, -0.2) is 55.1 Å². The van der Waals surface area contributed by atoms with E-state index in [1.165, 1.54) is 12.4 Å². The van der Waals surface area contributed by atoms with E-state index in [9.17, 15) is 22.8 Å². The maximum absolute atomic E-state index is 13.0. The van der Waals surface area contributed by atoms with Crippen molar-refractivity contribution in [1.82, 2.24) is 15.3 Å². The van der Waals surface area contributed by atoms with Crippen molar-refractivity contribution in [2.45, 2.75) is 25.4 Å². The molecule has 0 saturated carbocycles. The number of nitrogens with zero attached hydrogens (tertiary/aromatic N) is 3. The van der Waals surface area contributed by atoms with Gasteiger partial charge in [0.15, 0.2) is 0 Å². The van der Waals surface area contributed by atoms with E-state index in [1.807, 2.05) is 13.0 Å². The van der Waals surface area contributed by atoms with Gasteiger partial charge in [-0.3, -0.25) is 19.6 Å². The summed E-state index contributed by atoms with van der Waals surface area (Å²) in [4.78, 5) is 35.2. The maximum Gasteiger partial charge on any atom is 0.417 e. The van der Waals surface area contributed by atoms with Crippen molar-refractivity contribution in [1.29, 1.82) is 0 Å². The van der Waals surface area contributed by atoms with Crippen LogP contribution in [0.5, 0.6) is 0 Å². The molecule has 38 heavy (non-hydrogen) atoms. The smallest absolute Gasteiger partial charge is 0.383 e. The molecule has 0 aliphatic carbocycles. The van der Waals surface area contributed by atoms with Crippen LogP contribution < -0.4 is 15.5 Å². The molecule has 1 aliphatic heterocycles. The molecule has 2 aromatic heterocycles. The van der Waals surface area contributed by atoms with Crippen molar-refractivity contribution >= 4 is 23.2 Å². The molecule has 4 rings (SSSR count). The molecule has 2 N–H and O–H groups in total. The summed E-state index contributed by atoms with van der Waals surface area (Å²) < 4.78 is 43.9. The van der Waals surface area contributed by atoms with Gasteiger partial charge in [0.1, 0.15) is 0 Å². The van der Waals surface area contributed by atoms with Gasteiger partial charge in [-0.2, -0.15) is 13.2 Å². The Balaban J connectivity index is 1.46. The summed E-state index contributed by atoms with van der Waals surface area (Å²) in [6, 6.07) is 7.94. The summed E-state index contributed by atoms with van der Waals surface area (Å²) in [7, 11) is 1.57. The number of anilines is 2. The normalized spacial score (nSPS) is 15.4. The molecule has 11 heteroatoms. The first kappa shape index (κ1) is 27.1. The molecule has 3 heterocycles. The standard InChI is InChI=1S/C27H28F3N5O3/c1-17-3-4-18(26(37)34-22-11-21(13-32-14-22)27(28,29)30)10-24(17)19-5-7-35(16-19)23-9-20(12-31-15-23)25(36)33-6-8-38-2/h3-4,9-15,19H,5-8,16H2,1-2H3,(H,33,36)(H,34,37)/t19-/m1/s1. The second-order valence-electron chi connectivity index (χ2n) is 9.10. The fourth-order valence-corrected chi connectivity index (χ4v) is 4.43. The lowest BCUT2D eigenvalue weighted by Gasteiger charge is -2.20. The minimum Gasteiger partial charge on any atom is -0.383 e. The largest absolute Gasteiger partial charge is 0.417 e. The Hall–Kier alpha value is -3.99. The van der Waals surface area contributed by atoms with Crippen molar-refractivity contribution < 1.29 is 27.5 Å². The number of carbonyl (C=O) groups excluding carboxylic acids is 2. The number of methoxy groups -OCH3 is 1. The number of carbonyl (C=O) groups is 2. The average Bonchev–Trinajstić information content (AvgIpc) is 3.39. The molecule has 1 aliphatic rings. The number of pyridine rings is 2. The number of aromatic nitrogens is 2. The molecule has 8 nitrogen and oxygen atoms in total. The molecule has 0 spiro atoms. The Morgan fingerprint density at radius 3 is 2.61 bits per heavy atom. The van der Waals surface area contributed by atoms with Gasteiger partial charge in [0.05, 0.1) is 41.5 Å². The number of aryl methyl sites for hydroxylation is 1. The van der Waals surface area contributed by atoms with Crippen molar-refractivity contribution in [3.63, 3.8) is 0 Å². The van der Waals surface area contributed by atoms with Crippen molar-refractivity contribution in [2.24, 2.45) is 0 Å². The number of alkyl halides is 3. The maximum atomic E-state index is 13.0. The molecular formula is C27H28F3N5O3. The summed E-state index contributed by atoms with van der Waals surface area (Å²) in [5, 5.41) is 5.30. The molecule has 1 aromatic carbocycles. The summed E-state index contributed by atoms with van der Waals surface area (Å²) in [6.07, 6.45) is 1.40. The second kappa shape index (κ2) is 11.6. The number of hydrogen-bond acceptors (Lipinski definition) is 6. The number of hydrogen-bond donors (Lipinski definition) is 2. The fourth-order valence-electron chi connectivity index (χ4n) is 4.43. The van der Waals surface area contributed by atoms with Gasteiger partial charge in [-0.15, -0.1) is 0 Å². The Morgan fingerprint density at radius 1 is 1.05 bits per heavy atom. The minimum absolute atomic E-state index is 0.0300. The Kier molecular flexibility index (Phi) is 8.26. The zero-order valence-corrected chi connectivity index (χ0v) is 21.0. The van der Waals surface area contributed by atoms with E-state index in [2.05, 4.69) is 25.5 Å². The highest BCUT2D eigenvalue weighted by Crippen LogP contribution is 2.33. The quantitative estimate of drug-likeness (QED) is 0.421. The van der Waals surface area contributed by atoms with Gasteiger partial charge in [0, 0.05) is 50.6 Å². The summed E-state index contributed by atoms with van der Waals surface area (Å²) in [5.41, 5.74) is 2.67. The number of ether oxygens (including phenoxy) is 1. The predicted molar refractivity (Wildman–Crippen MR) is 136 cm³/mol. The predicted octanol–water partition coefficient (Wildman–Crippen LogP) is 4.43. The molecule has 3 aromatic rings. The number of benzene rings is 1. The van der Waals surface area contributed by atoms with Gasteiger partial charge in [0.2, 0.25) is 0 Å². The van der Waals surface area contributed by atoms with Crippen molar-refractivity contribution in [3.8, 4) is 0 Å². The minimum atomic E-state index is -4.55. The SMILES string of the molecule is COCCNC(=O)c1cncc(N2CC[C@@H](c3cc(C(=O)Nc4cncc(C(F)(F)F)c4)ccc3C)C2)c1. The number of halogens is 3. The highest BCUT2D eigenvalue weighted by Gasteiger charge is 2.31. The van der Waals surface area contributed by atoms with Crippen LogP contribution in [0.1, 0.15) is 49.7 Å². The second-order valence-corrected chi connectivity index (χ2v) is 9.10. The number of amides is 2. The Morgan fingerprint density at radius 2 is 1.84 bits per heavy atom. The van der Waals surface area contributed by atoms with E-state index in [4.69, 9.17) is 4.74 Å². The van der Waals surface area contributed by atoms with E-state index in [1.54, 1.807) is 31.5 Å². The molecule has 200 valence electrons. The fraction of sp³-hybridized carbons (Fsp3) is 0.333. The van der Waals surface area contributed by atoms with Crippen LogP contribution in [0.25, 0.3) is 0 Å². The van der Waals surface area contributed by atoms with Gasteiger partial charge in [-0.25, -0.2) is 0 Å². The van der Waals surface area contributed by atoms with Gasteiger partial charge in [0.25, 0.3) is 11.8 Å². The lowest BCUT2D eigenvalue weighted by atomic mass is 9.92. The van der Waals surface area contributed by atoms with E-state index < -0.39 is 17.6 Å². The third kappa shape index (κ3) is 6.46. The van der Waals surface area contributed by atoms with E-state index >= 15 is 0 Å². The zero-order valence-electron chi connectivity index (χ0n) is 21.0. The first-order valence-electron chi connectivity index (χ1n) is 12.1. The third-order valence-electron chi connectivity index (χ3n) is 6.44. The van der Waals surface area contributed by atoms with E-state index in [0.29, 0.717) is 37.0 Å². The average molecular weight is 528 g/mol. The molecule has 1 saturated heterocycles. The summed E-state index contributed by atoms with van der Waals surface area (Å²) in [6.45, 7) is 4.19. The Bertz CT molecular complexity index is 1320. The number of nitrogens with one attached hydrogen (secondary N) is 2. The van der Waals surface area contributed by atoms with Crippen LogP contribution in [0.2, 0.25) is 0 Å². The number of rotatable bonds is 8. The van der Waals surface area contributed by atoms with Crippen LogP contribution in [0, 0.1) is 6.92 Å². The highest BCUT2D eigenvalue weighted by molar-refractivity contribution is 6.04. The van der Waals surface area contributed by atoms with Gasteiger partial charge in [-0.1, -0.05) is 6.07 Å². The lowest BCUT2D eigenvalue weighted by Crippen LogP contribution is -2.27. The first-order chi connectivity index (χ1) is 18.2. The molecule has 1 atom stereocenters. The topological polar surface area (TPSA) is 96.5 Å². The van der Waals surface area contributed by atoms with E-state index in [-0.39, 0.29) is 17.5 Å². The van der Waals surface area contributed by atoms with Crippen LogP contribution >= 0.6 is 0 Å².